The zero-order valence-electron chi connectivity index (χ0n) is 16.7. The van der Waals surface area contributed by atoms with Crippen LogP contribution in [0.25, 0.3) is 0 Å². The number of aromatic nitrogens is 2. The third-order valence-electron chi connectivity index (χ3n) is 3.63. The van der Waals surface area contributed by atoms with Gasteiger partial charge in [-0.25, -0.2) is 4.98 Å². The molecule has 1 fully saturated rings. The monoisotopic (exact) mass is 458 g/mol. The molecule has 1 N–H and O–H groups in total. The number of nitrogens with one attached hydrogen (secondary N) is 1. The van der Waals surface area contributed by atoms with E-state index in [0.717, 1.165) is 56.0 Å². The fourth-order valence-corrected chi connectivity index (χ4v) is 3.53. The van der Waals surface area contributed by atoms with Crippen LogP contribution in [0.4, 0.5) is 5.82 Å². The lowest BCUT2D eigenvalue weighted by Gasteiger charge is -2.27. The molecule has 2 heterocycles. The van der Waals surface area contributed by atoms with Crippen LogP contribution in [0, 0.1) is 17.2 Å². The van der Waals surface area contributed by atoms with Gasteiger partial charge in [-0.2, -0.15) is 15.1 Å². The van der Waals surface area contributed by atoms with Crippen LogP contribution in [0.1, 0.15) is 39.9 Å². The molecule has 9 heteroatoms. The SMILES string of the molecule is CC.CC(C)CN(NSCCCN1CCOCC1)c1nc(C#N)ncc1Br. The number of hydrogen-bond donors (Lipinski definition) is 1. The fraction of sp³-hybridized carbons (Fsp3) is 0.722. The summed E-state index contributed by atoms with van der Waals surface area (Å²) >= 11 is 5.14. The molecule has 0 saturated carbocycles. The van der Waals surface area contributed by atoms with Gasteiger partial charge in [-0.1, -0.05) is 39.6 Å². The highest BCUT2D eigenvalue weighted by Crippen LogP contribution is 2.23. The van der Waals surface area contributed by atoms with Gasteiger partial charge in [-0.15, -0.1) is 0 Å². The number of nitriles is 1. The Labute approximate surface area is 176 Å². The zero-order valence-corrected chi connectivity index (χ0v) is 19.1. The van der Waals surface area contributed by atoms with Gasteiger partial charge in [-0.3, -0.25) is 9.91 Å². The van der Waals surface area contributed by atoms with Crippen molar-refractivity contribution >= 4 is 33.7 Å². The van der Waals surface area contributed by atoms with E-state index in [0.29, 0.717) is 11.7 Å². The van der Waals surface area contributed by atoms with E-state index in [2.05, 4.69) is 49.5 Å². The number of ether oxygens (including phenoxy) is 1. The quantitative estimate of drug-likeness (QED) is 0.342. The first-order valence-electron chi connectivity index (χ1n) is 9.48. The van der Waals surface area contributed by atoms with Crippen LogP contribution in [0.3, 0.4) is 0 Å². The Balaban J connectivity index is 0.00000176. The Bertz CT molecular complexity index is 577. The molecular formula is C18H31BrN6OS. The van der Waals surface area contributed by atoms with Gasteiger partial charge in [-0.05, 0) is 34.8 Å². The van der Waals surface area contributed by atoms with Crippen LogP contribution in [-0.4, -0.2) is 60.0 Å². The molecule has 0 aromatic carbocycles. The van der Waals surface area contributed by atoms with Crippen LogP contribution in [0.5, 0.6) is 0 Å². The van der Waals surface area contributed by atoms with Gasteiger partial charge in [0.05, 0.1) is 17.7 Å². The summed E-state index contributed by atoms with van der Waals surface area (Å²) in [6.45, 7) is 13.9. The highest BCUT2D eigenvalue weighted by atomic mass is 79.9. The Morgan fingerprint density at radius 2 is 2.11 bits per heavy atom. The van der Waals surface area contributed by atoms with Crippen molar-refractivity contribution in [1.82, 2.24) is 19.7 Å². The maximum atomic E-state index is 9.04. The third kappa shape index (κ3) is 9.21. The lowest BCUT2D eigenvalue weighted by Crippen LogP contribution is -2.38. The van der Waals surface area contributed by atoms with Crippen molar-refractivity contribution in [2.45, 2.75) is 34.1 Å². The second kappa shape index (κ2) is 14.1. The van der Waals surface area contributed by atoms with Crippen molar-refractivity contribution in [2.24, 2.45) is 5.92 Å². The summed E-state index contributed by atoms with van der Waals surface area (Å²) in [6, 6.07) is 2.00. The maximum Gasteiger partial charge on any atom is 0.234 e. The highest BCUT2D eigenvalue weighted by Gasteiger charge is 2.15. The van der Waals surface area contributed by atoms with E-state index in [9.17, 15) is 0 Å². The van der Waals surface area contributed by atoms with Crippen LogP contribution in [-0.2, 0) is 4.74 Å². The number of hydrogen-bond acceptors (Lipinski definition) is 8. The minimum Gasteiger partial charge on any atom is -0.379 e. The summed E-state index contributed by atoms with van der Waals surface area (Å²) in [5.74, 6) is 2.32. The average molecular weight is 459 g/mol. The number of anilines is 1. The first kappa shape index (κ1) is 24.1. The molecule has 1 aromatic heterocycles. The van der Waals surface area contributed by atoms with Crippen LogP contribution in [0.2, 0.25) is 0 Å². The molecule has 1 saturated heterocycles. The molecule has 0 spiro atoms. The van der Waals surface area contributed by atoms with E-state index in [4.69, 9.17) is 10.00 Å². The Morgan fingerprint density at radius 3 is 2.74 bits per heavy atom. The molecule has 0 amide bonds. The number of rotatable bonds is 9. The smallest absolute Gasteiger partial charge is 0.234 e. The van der Waals surface area contributed by atoms with Crippen molar-refractivity contribution in [2.75, 3.05) is 50.2 Å². The molecule has 0 bridgehead atoms. The first-order valence-corrected chi connectivity index (χ1v) is 11.3. The van der Waals surface area contributed by atoms with E-state index in [1.165, 1.54) is 0 Å². The summed E-state index contributed by atoms with van der Waals surface area (Å²) in [5, 5.41) is 11.0. The fourth-order valence-electron chi connectivity index (χ4n) is 2.44. The highest BCUT2D eigenvalue weighted by molar-refractivity contribution is 9.10. The third-order valence-corrected chi connectivity index (χ3v) is 5.03. The molecule has 0 atom stereocenters. The van der Waals surface area contributed by atoms with Crippen molar-refractivity contribution in [3.05, 3.63) is 16.5 Å². The number of halogens is 1. The van der Waals surface area contributed by atoms with Gasteiger partial charge in [0.25, 0.3) is 0 Å². The Morgan fingerprint density at radius 1 is 1.41 bits per heavy atom. The van der Waals surface area contributed by atoms with Gasteiger partial charge in [0.15, 0.2) is 5.82 Å². The van der Waals surface area contributed by atoms with Gasteiger partial charge in [0, 0.05) is 31.6 Å². The lowest BCUT2D eigenvalue weighted by atomic mass is 10.2. The second-order valence-electron chi connectivity index (χ2n) is 6.23. The second-order valence-corrected chi connectivity index (χ2v) is 7.96. The van der Waals surface area contributed by atoms with Gasteiger partial charge in [0.1, 0.15) is 6.07 Å². The van der Waals surface area contributed by atoms with E-state index in [1.807, 2.05) is 24.9 Å². The Hall–Kier alpha value is -0.920. The van der Waals surface area contributed by atoms with E-state index >= 15 is 0 Å². The average Bonchev–Trinajstić information content (AvgIpc) is 2.69. The lowest BCUT2D eigenvalue weighted by molar-refractivity contribution is 0.0381. The van der Waals surface area contributed by atoms with Crippen LogP contribution >= 0.6 is 27.9 Å². The van der Waals surface area contributed by atoms with E-state index in [-0.39, 0.29) is 5.82 Å². The number of morpholine rings is 1. The minimum atomic E-state index is 0.172. The van der Waals surface area contributed by atoms with E-state index < -0.39 is 0 Å². The van der Waals surface area contributed by atoms with E-state index in [1.54, 1.807) is 18.1 Å². The van der Waals surface area contributed by atoms with Crippen LogP contribution in [0.15, 0.2) is 10.7 Å². The molecule has 152 valence electrons. The largest absolute Gasteiger partial charge is 0.379 e. The van der Waals surface area contributed by atoms with Gasteiger partial charge >= 0.3 is 0 Å². The molecule has 0 aliphatic carbocycles. The molecule has 0 unspecified atom stereocenters. The Kier molecular flexibility index (Phi) is 12.6. The van der Waals surface area contributed by atoms with Gasteiger partial charge < -0.3 is 4.74 Å². The van der Waals surface area contributed by atoms with Crippen molar-refractivity contribution in [3.63, 3.8) is 0 Å². The standard InChI is InChI=1S/C16H25BrN6OS.C2H6/c1-13(2)12-23(16-14(17)11-19-15(10-18)20-16)21-25-9-3-4-22-5-7-24-8-6-22;1-2/h11,13,21H,3-9,12H2,1-2H3;1-2H3. The summed E-state index contributed by atoms with van der Waals surface area (Å²) in [7, 11) is 0. The molecule has 0 radical (unpaired) electrons. The molecule has 1 aliphatic rings. The topological polar surface area (TPSA) is 77.3 Å². The molecule has 27 heavy (non-hydrogen) atoms. The normalized spacial score (nSPS) is 14.4. The van der Waals surface area contributed by atoms with Crippen molar-refractivity contribution in [1.29, 1.82) is 5.26 Å². The molecular weight excluding hydrogens is 428 g/mol. The maximum absolute atomic E-state index is 9.04. The van der Waals surface area contributed by atoms with Crippen LogP contribution < -0.4 is 9.84 Å². The predicted octanol–water partition coefficient (Wildman–Crippen LogP) is 3.47. The summed E-state index contributed by atoms with van der Waals surface area (Å²) in [5.41, 5.74) is 0. The summed E-state index contributed by atoms with van der Waals surface area (Å²) < 4.78 is 6.14. The molecule has 1 aromatic rings. The summed E-state index contributed by atoms with van der Waals surface area (Å²) in [6.07, 6.45) is 2.74. The summed E-state index contributed by atoms with van der Waals surface area (Å²) in [4.78, 5) is 14.1. The number of nitrogens with zero attached hydrogens (tertiary/aromatic N) is 5. The number of hydrazine groups is 1. The van der Waals surface area contributed by atoms with Gasteiger partial charge in [0.2, 0.25) is 5.82 Å². The molecule has 2 rings (SSSR count). The van der Waals surface area contributed by atoms with Crippen molar-refractivity contribution < 1.29 is 4.74 Å². The predicted molar refractivity (Wildman–Crippen MR) is 115 cm³/mol. The molecule has 7 nitrogen and oxygen atoms in total. The van der Waals surface area contributed by atoms with Crippen molar-refractivity contribution in [3.8, 4) is 6.07 Å². The minimum absolute atomic E-state index is 0.172. The zero-order chi connectivity index (χ0) is 20.1. The first-order chi connectivity index (χ1) is 13.1. The molecule has 1 aliphatic heterocycles.